The van der Waals surface area contributed by atoms with Gasteiger partial charge in [0.05, 0.1) is 6.61 Å². The highest BCUT2D eigenvalue weighted by molar-refractivity contribution is 5.78. The number of rotatable bonds is 8. The molecular formula is C19H26N2O5. The van der Waals surface area contributed by atoms with E-state index in [1.165, 1.54) is 6.08 Å². The Balaban J connectivity index is 1.72. The number of amides is 2. The zero-order valence-corrected chi connectivity index (χ0v) is 15.1. The van der Waals surface area contributed by atoms with E-state index >= 15 is 0 Å². The Hall–Kier alpha value is -2.70. The number of carbonyl (C=O) groups is 2. The molecule has 1 aliphatic heterocycles. The summed E-state index contributed by atoms with van der Waals surface area (Å²) in [6.45, 7) is 7.16. The van der Waals surface area contributed by atoms with E-state index < -0.39 is 0 Å². The van der Waals surface area contributed by atoms with Crippen molar-refractivity contribution in [2.45, 2.75) is 25.8 Å². The molecule has 1 aliphatic rings. The SMILES string of the molecule is C=CCOC(=O)N1CCC(NC(=O)COc2ccccc2OCC)CC1. The van der Waals surface area contributed by atoms with Gasteiger partial charge in [0.1, 0.15) is 6.61 Å². The highest BCUT2D eigenvalue weighted by Gasteiger charge is 2.24. The molecule has 0 spiro atoms. The fourth-order valence-electron chi connectivity index (χ4n) is 2.68. The number of para-hydroxylation sites is 2. The third-order valence-corrected chi connectivity index (χ3v) is 3.95. The van der Waals surface area contributed by atoms with Crippen LogP contribution < -0.4 is 14.8 Å². The molecule has 0 radical (unpaired) electrons. The Labute approximate surface area is 153 Å². The van der Waals surface area contributed by atoms with Crippen molar-refractivity contribution >= 4 is 12.0 Å². The minimum atomic E-state index is -0.342. The van der Waals surface area contributed by atoms with Crippen molar-refractivity contribution in [3.05, 3.63) is 36.9 Å². The molecule has 1 heterocycles. The molecule has 142 valence electrons. The molecule has 0 bridgehead atoms. The molecule has 7 nitrogen and oxygen atoms in total. The first kappa shape index (κ1) is 19.6. The molecule has 0 atom stereocenters. The van der Waals surface area contributed by atoms with Gasteiger partial charge in [0.25, 0.3) is 5.91 Å². The van der Waals surface area contributed by atoms with Crippen LogP contribution in [0.25, 0.3) is 0 Å². The molecule has 0 aromatic heterocycles. The van der Waals surface area contributed by atoms with Crippen LogP contribution in [-0.4, -0.2) is 55.9 Å². The molecule has 0 saturated carbocycles. The predicted octanol–water partition coefficient (Wildman–Crippen LogP) is 2.37. The van der Waals surface area contributed by atoms with Crippen molar-refractivity contribution < 1.29 is 23.8 Å². The van der Waals surface area contributed by atoms with Gasteiger partial charge in [0.2, 0.25) is 0 Å². The van der Waals surface area contributed by atoms with Gasteiger partial charge in [-0.05, 0) is 31.9 Å². The number of ether oxygens (including phenoxy) is 3. The molecule has 0 unspecified atom stereocenters. The first-order valence-corrected chi connectivity index (χ1v) is 8.80. The van der Waals surface area contributed by atoms with Gasteiger partial charge in [-0.1, -0.05) is 24.8 Å². The minimum Gasteiger partial charge on any atom is -0.490 e. The number of benzene rings is 1. The number of carbonyl (C=O) groups excluding carboxylic acids is 2. The smallest absolute Gasteiger partial charge is 0.410 e. The van der Waals surface area contributed by atoms with Crippen LogP contribution >= 0.6 is 0 Å². The first-order chi connectivity index (χ1) is 12.6. The summed E-state index contributed by atoms with van der Waals surface area (Å²) >= 11 is 0. The van der Waals surface area contributed by atoms with Crippen LogP contribution in [0.1, 0.15) is 19.8 Å². The highest BCUT2D eigenvalue weighted by Crippen LogP contribution is 2.26. The third-order valence-electron chi connectivity index (χ3n) is 3.95. The van der Waals surface area contributed by atoms with Crippen molar-refractivity contribution in [1.29, 1.82) is 0 Å². The van der Waals surface area contributed by atoms with Crippen molar-refractivity contribution in [3.63, 3.8) is 0 Å². The van der Waals surface area contributed by atoms with Crippen LogP contribution in [0.3, 0.4) is 0 Å². The summed E-state index contributed by atoms with van der Waals surface area (Å²) in [7, 11) is 0. The van der Waals surface area contributed by atoms with E-state index in [0.717, 1.165) is 0 Å². The maximum Gasteiger partial charge on any atom is 0.410 e. The Bertz CT molecular complexity index is 612. The van der Waals surface area contributed by atoms with Gasteiger partial charge >= 0.3 is 6.09 Å². The lowest BCUT2D eigenvalue weighted by molar-refractivity contribution is -0.124. The average Bonchev–Trinajstić information content (AvgIpc) is 2.66. The maximum atomic E-state index is 12.1. The molecule has 26 heavy (non-hydrogen) atoms. The standard InChI is InChI=1S/C19H26N2O5/c1-3-13-25-19(23)21-11-9-15(10-12-21)20-18(22)14-26-17-8-6-5-7-16(17)24-4-2/h3,5-8,15H,1,4,9-14H2,2H3,(H,20,22). The molecule has 1 N–H and O–H groups in total. The summed E-state index contributed by atoms with van der Waals surface area (Å²) in [4.78, 5) is 25.5. The Morgan fingerprint density at radius 3 is 2.50 bits per heavy atom. The van der Waals surface area contributed by atoms with Crippen LogP contribution in [0.5, 0.6) is 11.5 Å². The minimum absolute atomic E-state index is 0.0247. The zero-order valence-electron chi connectivity index (χ0n) is 15.1. The van der Waals surface area contributed by atoms with Gasteiger partial charge in [-0.3, -0.25) is 4.79 Å². The van der Waals surface area contributed by atoms with E-state index in [0.29, 0.717) is 44.0 Å². The number of hydrogen-bond donors (Lipinski definition) is 1. The number of nitrogens with one attached hydrogen (secondary N) is 1. The predicted molar refractivity (Wildman–Crippen MR) is 97.4 cm³/mol. The summed E-state index contributed by atoms with van der Waals surface area (Å²) in [6.07, 6.45) is 2.56. The summed E-state index contributed by atoms with van der Waals surface area (Å²) in [5.41, 5.74) is 0. The van der Waals surface area contributed by atoms with E-state index in [4.69, 9.17) is 14.2 Å². The third kappa shape index (κ3) is 5.98. The molecule has 1 saturated heterocycles. The van der Waals surface area contributed by atoms with E-state index in [-0.39, 0.29) is 31.3 Å². The average molecular weight is 362 g/mol. The van der Waals surface area contributed by atoms with Crippen molar-refractivity contribution in [2.24, 2.45) is 0 Å². The molecule has 1 aromatic carbocycles. The Morgan fingerprint density at radius 1 is 1.23 bits per heavy atom. The lowest BCUT2D eigenvalue weighted by Gasteiger charge is -2.31. The van der Waals surface area contributed by atoms with Crippen molar-refractivity contribution in [2.75, 3.05) is 32.9 Å². The Morgan fingerprint density at radius 2 is 1.88 bits per heavy atom. The van der Waals surface area contributed by atoms with Crippen LogP contribution in [-0.2, 0) is 9.53 Å². The van der Waals surface area contributed by atoms with Gasteiger partial charge in [-0.15, -0.1) is 0 Å². The summed E-state index contributed by atoms with van der Waals surface area (Å²) in [5.74, 6) is 0.974. The van der Waals surface area contributed by atoms with E-state index in [9.17, 15) is 9.59 Å². The van der Waals surface area contributed by atoms with Gasteiger partial charge in [0, 0.05) is 19.1 Å². The van der Waals surface area contributed by atoms with E-state index in [2.05, 4.69) is 11.9 Å². The van der Waals surface area contributed by atoms with Crippen LogP contribution in [0.15, 0.2) is 36.9 Å². The lowest BCUT2D eigenvalue weighted by atomic mass is 10.1. The lowest BCUT2D eigenvalue weighted by Crippen LogP contribution is -2.47. The molecule has 1 aromatic rings. The van der Waals surface area contributed by atoms with Crippen molar-refractivity contribution in [1.82, 2.24) is 10.2 Å². The maximum absolute atomic E-state index is 12.1. The van der Waals surface area contributed by atoms with E-state index in [1.807, 2.05) is 19.1 Å². The highest BCUT2D eigenvalue weighted by atomic mass is 16.6. The number of piperidine rings is 1. The largest absolute Gasteiger partial charge is 0.490 e. The summed E-state index contributed by atoms with van der Waals surface area (Å²) in [5, 5.41) is 2.94. The second-order valence-corrected chi connectivity index (χ2v) is 5.86. The topological polar surface area (TPSA) is 77.1 Å². The van der Waals surface area contributed by atoms with Crippen LogP contribution in [0.4, 0.5) is 4.79 Å². The first-order valence-electron chi connectivity index (χ1n) is 8.80. The van der Waals surface area contributed by atoms with Gasteiger partial charge in [-0.2, -0.15) is 0 Å². The molecule has 0 aliphatic carbocycles. The fraction of sp³-hybridized carbons (Fsp3) is 0.474. The van der Waals surface area contributed by atoms with E-state index in [1.54, 1.807) is 17.0 Å². The van der Waals surface area contributed by atoms with Gasteiger partial charge < -0.3 is 24.4 Å². The summed E-state index contributed by atoms with van der Waals surface area (Å²) in [6, 6.07) is 7.28. The number of hydrogen-bond acceptors (Lipinski definition) is 5. The molecule has 2 amide bonds. The molecule has 7 heteroatoms. The summed E-state index contributed by atoms with van der Waals surface area (Å²) < 4.78 is 16.1. The molecule has 1 fully saturated rings. The number of likely N-dealkylation sites (tertiary alicyclic amines) is 1. The Kier molecular flexibility index (Phi) is 7.79. The fourth-order valence-corrected chi connectivity index (χ4v) is 2.68. The normalized spacial score (nSPS) is 14.4. The van der Waals surface area contributed by atoms with Gasteiger partial charge in [-0.25, -0.2) is 4.79 Å². The van der Waals surface area contributed by atoms with Crippen molar-refractivity contribution in [3.8, 4) is 11.5 Å². The zero-order chi connectivity index (χ0) is 18.8. The second-order valence-electron chi connectivity index (χ2n) is 5.86. The molecule has 2 rings (SSSR count). The monoisotopic (exact) mass is 362 g/mol. The number of nitrogens with zero attached hydrogens (tertiary/aromatic N) is 1. The van der Waals surface area contributed by atoms with Gasteiger partial charge in [0.15, 0.2) is 18.1 Å². The van der Waals surface area contributed by atoms with Crippen LogP contribution in [0.2, 0.25) is 0 Å². The second kappa shape index (κ2) is 10.3. The molecular weight excluding hydrogens is 336 g/mol. The van der Waals surface area contributed by atoms with Crippen LogP contribution in [0, 0.1) is 0 Å². The quantitative estimate of drug-likeness (QED) is 0.719.